The summed E-state index contributed by atoms with van der Waals surface area (Å²) < 4.78 is 17.3. The highest BCUT2D eigenvalue weighted by Gasteiger charge is 2.68. The minimum Gasteiger partial charge on any atom is -0.463 e. The number of rotatable bonds is 3. The molecule has 0 aromatic heterocycles. The third kappa shape index (κ3) is 3.42. The smallest absolute Gasteiger partial charge is 0.333 e. The van der Waals surface area contributed by atoms with Gasteiger partial charge < -0.3 is 19.3 Å². The van der Waals surface area contributed by atoms with Crippen LogP contribution in [0.3, 0.4) is 0 Å². The maximum absolute atomic E-state index is 11.8. The SMILES string of the molecule is CC(=O)OC[C@]12CC[C@H]3[C@@](C)(CC[C@H]4C(C)(C)CCC[C@]34C)[C@@H]1CC(C1=CC(=O)OC1O)O2. The van der Waals surface area contributed by atoms with Gasteiger partial charge in [0, 0.05) is 18.6 Å². The molecule has 5 rings (SSSR count). The van der Waals surface area contributed by atoms with Gasteiger partial charge in [-0.2, -0.15) is 0 Å². The van der Waals surface area contributed by atoms with E-state index in [0.717, 1.165) is 31.6 Å². The van der Waals surface area contributed by atoms with E-state index in [2.05, 4.69) is 27.7 Å². The Morgan fingerprint density at radius 1 is 1.06 bits per heavy atom. The topological polar surface area (TPSA) is 82.1 Å². The highest BCUT2D eigenvalue weighted by atomic mass is 16.6. The first-order valence-corrected chi connectivity index (χ1v) is 12.8. The molecule has 0 bridgehead atoms. The van der Waals surface area contributed by atoms with Crippen LogP contribution in [0.5, 0.6) is 0 Å². The Balaban J connectivity index is 1.51. The molecular formula is C27H40O6. The van der Waals surface area contributed by atoms with E-state index in [4.69, 9.17) is 14.2 Å². The van der Waals surface area contributed by atoms with Crippen LogP contribution in [0.1, 0.15) is 86.0 Å². The van der Waals surface area contributed by atoms with Crippen molar-refractivity contribution in [3.05, 3.63) is 11.6 Å². The fourth-order valence-electron chi connectivity index (χ4n) is 9.40. The summed E-state index contributed by atoms with van der Waals surface area (Å²) >= 11 is 0. The van der Waals surface area contributed by atoms with Gasteiger partial charge in [-0.05, 0) is 78.9 Å². The number of aliphatic hydroxyl groups is 1. The normalized spacial score (nSPS) is 48.2. The number of esters is 2. The lowest BCUT2D eigenvalue weighted by Gasteiger charge is -2.67. The van der Waals surface area contributed by atoms with Gasteiger partial charge in [-0.3, -0.25) is 4.79 Å². The van der Waals surface area contributed by atoms with Crippen molar-refractivity contribution in [2.75, 3.05) is 6.61 Å². The second-order valence-corrected chi connectivity index (χ2v) is 12.7. The quantitative estimate of drug-likeness (QED) is 0.623. The number of hydrogen-bond donors (Lipinski definition) is 1. The number of hydrogen-bond acceptors (Lipinski definition) is 6. The maximum atomic E-state index is 11.8. The summed E-state index contributed by atoms with van der Waals surface area (Å²) in [6, 6.07) is 0. The van der Waals surface area contributed by atoms with Crippen LogP contribution in [0.15, 0.2) is 11.6 Å². The van der Waals surface area contributed by atoms with Gasteiger partial charge in [0.05, 0.1) is 6.10 Å². The van der Waals surface area contributed by atoms with Crippen molar-refractivity contribution in [3.8, 4) is 0 Å². The fraction of sp³-hybridized carbons (Fsp3) is 0.852. The largest absolute Gasteiger partial charge is 0.463 e. The highest BCUT2D eigenvalue weighted by molar-refractivity contribution is 5.85. The van der Waals surface area contributed by atoms with E-state index >= 15 is 0 Å². The maximum Gasteiger partial charge on any atom is 0.333 e. The Kier molecular flexibility index (Phi) is 5.34. The summed E-state index contributed by atoms with van der Waals surface area (Å²) in [6.45, 7) is 11.6. The van der Waals surface area contributed by atoms with E-state index in [1.54, 1.807) is 0 Å². The molecule has 3 saturated carbocycles. The third-order valence-electron chi connectivity index (χ3n) is 10.6. The molecule has 3 aliphatic carbocycles. The first-order chi connectivity index (χ1) is 15.4. The average Bonchev–Trinajstić information content (AvgIpc) is 3.26. The molecule has 2 unspecified atom stereocenters. The number of ether oxygens (including phenoxy) is 3. The molecule has 2 aliphatic heterocycles. The first-order valence-electron chi connectivity index (χ1n) is 12.8. The minimum absolute atomic E-state index is 0.0564. The lowest BCUT2D eigenvalue weighted by atomic mass is 9.38. The summed E-state index contributed by atoms with van der Waals surface area (Å²) in [5.41, 5.74) is 0.648. The van der Waals surface area contributed by atoms with Crippen molar-refractivity contribution in [2.24, 2.45) is 34.0 Å². The van der Waals surface area contributed by atoms with Gasteiger partial charge in [0.2, 0.25) is 6.29 Å². The summed E-state index contributed by atoms with van der Waals surface area (Å²) in [5.74, 6) is 0.680. The average molecular weight is 461 g/mol. The molecule has 0 spiro atoms. The third-order valence-corrected chi connectivity index (χ3v) is 10.6. The lowest BCUT2D eigenvalue weighted by Crippen LogP contribution is -2.63. The van der Waals surface area contributed by atoms with Crippen LogP contribution in [0.2, 0.25) is 0 Å². The van der Waals surface area contributed by atoms with Crippen molar-refractivity contribution >= 4 is 11.9 Å². The number of aliphatic hydroxyl groups excluding tert-OH is 1. The Labute approximate surface area is 197 Å². The van der Waals surface area contributed by atoms with Crippen LogP contribution in [-0.4, -0.2) is 41.6 Å². The zero-order valence-corrected chi connectivity index (χ0v) is 20.8. The van der Waals surface area contributed by atoms with Gasteiger partial charge in [0.25, 0.3) is 0 Å². The van der Waals surface area contributed by atoms with Crippen molar-refractivity contribution < 1.29 is 28.9 Å². The van der Waals surface area contributed by atoms with E-state index in [1.165, 1.54) is 38.7 Å². The van der Waals surface area contributed by atoms with E-state index < -0.39 is 24.0 Å². The van der Waals surface area contributed by atoms with Crippen molar-refractivity contribution in [2.45, 2.75) is 104 Å². The molecule has 6 heteroatoms. The zero-order chi connectivity index (χ0) is 23.8. The predicted molar refractivity (Wildman–Crippen MR) is 122 cm³/mol. The van der Waals surface area contributed by atoms with Crippen LogP contribution < -0.4 is 0 Å². The second kappa shape index (κ2) is 7.55. The molecule has 6 nitrogen and oxygen atoms in total. The molecule has 5 aliphatic rings. The predicted octanol–water partition coefficient (Wildman–Crippen LogP) is 4.54. The molecule has 0 aromatic carbocycles. The van der Waals surface area contributed by atoms with E-state index in [0.29, 0.717) is 22.3 Å². The molecule has 1 N–H and O–H groups in total. The van der Waals surface area contributed by atoms with Gasteiger partial charge in [-0.1, -0.05) is 34.1 Å². The monoisotopic (exact) mass is 460 g/mol. The standard InChI is InChI=1S/C27H40O6/c1-16(28)31-15-27-12-8-20-25(4)10-6-9-24(2,3)19(25)7-11-26(20,5)21(27)14-18(33-27)17-13-22(29)32-23(17)30/h13,18-21,23,30H,6-12,14-15H2,1-5H3/t18?,19-,20+,21-,23?,25-,26+,27+/m0/s1. The summed E-state index contributed by atoms with van der Waals surface area (Å²) in [4.78, 5) is 23.6. The van der Waals surface area contributed by atoms with Gasteiger partial charge >= 0.3 is 11.9 Å². The fourth-order valence-corrected chi connectivity index (χ4v) is 9.40. The van der Waals surface area contributed by atoms with Crippen molar-refractivity contribution in [1.29, 1.82) is 0 Å². The Hall–Kier alpha value is -1.40. The Morgan fingerprint density at radius 2 is 1.76 bits per heavy atom. The second-order valence-electron chi connectivity index (χ2n) is 12.7. The molecule has 2 heterocycles. The van der Waals surface area contributed by atoms with Gasteiger partial charge in [0.15, 0.2) is 0 Å². The van der Waals surface area contributed by atoms with E-state index in [-0.39, 0.29) is 23.9 Å². The highest BCUT2D eigenvalue weighted by Crippen LogP contribution is 2.71. The molecule has 1 saturated heterocycles. The minimum atomic E-state index is -1.25. The van der Waals surface area contributed by atoms with E-state index in [1.807, 2.05) is 0 Å². The Morgan fingerprint density at radius 3 is 2.42 bits per heavy atom. The van der Waals surface area contributed by atoms with Crippen LogP contribution in [0.25, 0.3) is 0 Å². The molecule has 4 fully saturated rings. The molecule has 8 atom stereocenters. The lowest BCUT2D eigenvalue weighted by molar-refractivity contribution is -0.216. The number of cyclic esters (lactones) is 1. The molecule has 33 heavy (non-hydrogen) atoms. The molecule has 0 amide bonds. The zero-order valence-electron chi connectivity index (χ0n) is 20.8. The van der Waals surface area contributed by atoms with Gasteiger partial charge in [-0.25, -0.2) is 4.79 Å². The van der Waals surface area contributed by atoms with E-state index in [9.17, 15) is 14.7 Å². The molecule has 184 valence electrons. The van der Waals surface area contributed by atoms with Crippen molar-refractivity contribution in [1.82, 2.24) is 0 Å². The van der Waals surface area contributed by atoms with Crippen LogP contribution >= 0.6 is 0 Å². The van der Waals surface area contributed by atoms with Crippen molar-refractivity contribution in [3.63, 3.8) is 0 Å². The van der Waals surface area contributed by atoms with Gasteiger partial charge in [0.1, 0.15) is 12.2 Å². The first kappa shape index (κ1) is 23.3. The summed E-state index contributed by atoms with van der Waals surface area (Å²) in [7, 11) is 0. The Bertz CT molecular complexity index is 878. The number of carbonyl (C=O) groups excluding carboxylic acids is 2. The summed E-state index contributed by atoms with van der Waals surface area (Å²) in [5, 5.41) is 10.3. The molecule has 0 aromatic rings. The van der Waals surface area contributed by atoms with Crippen LogP contribution in [-0.2, 0) is 23.8 Å². The number of fused-ring (bicyclic) bond motifs is 5. The van der Waals surface area contributed by atoms with Crippen LogP contribution in [0.4, 0.5) is 0 Å². The molecule has 0 radical (unpaired) electrons. The summed E-state index contributed by atoms with van der Waals surface area (Å²) in [6.07, 6.45) is 8.59. The van der Waals surface area contributed by atoms with Crippen LogP contribution in [0, 0.1) is 34.0 Å². The number of carbonyl (C=O) groups is 2. The van der Waals surface area contributed by atoms with Gasteiger partial charge in [-0.15, -0.1) is 0 Å². The molecular weight excluding hydrogens is 420 g/mol.